The molecule has 0 bridgehead atoms. The molecule has 2 rings (SSSR count). The average molecular weight is 413 g/mol. The van der Waals surface area contributed by atoms with E-state index in [0.29, 0.717) is 12.4 Å². The Kier molecular flexibility index (Phi) is 13.1. The summed E-state index contributed by atoms with van der Waals surface area (Å²) in [6.45, 7) is 2.97. The first kappa shape index (κ1) is 24.6. The normalized spacial score (nSPS) is 11.2. The van der Waals surface area contributed by atoms with Crippen LogP contribution in [0.3, 0.4) is 0 Å². The number of aromatic hydroxyl groups is 1. The minimum absolute atomic E-state index is 0.268. The molecule has 2 aromatic rings. The lowest BCUT2D eigenvalue weighted by Gasteiger charge is -2.10. The molecule has 0 saturated carbocycles. The Morgan fingerprint density at radius 3 is 1.67 bits per heavy atom. The fourth-order valence-corrected chi connectivity index (χ4v) is 4.18. The summed E-state index contributed by atoms with van der Waals surface area (Å²) in [5.74, 6) is 0.874. The first-order valence-corrected chi connectivity index (χ1v) is 12.7. The molecule has 0 amide bonds. The van der Waals surface area contributed by atoms with Gasteiger partial charge in [0.1, 0.15) is 0 Å². The summed E-state index contributed by atoms with van der Waals surface area (Å²) in [4.78, 5) is 0. The van der Waals surface area contributed by atoms with Gasteiger partial charge in [-0.05, 0) is 17.9 Å². The van der Waals surface area contributed by atoms with Gasteiger partial charge in [0.2, 0.25) is 0 Å². The Bertz CT molecular complexity index is 679. The molecule has 2 nitrogen and oxygen atoms in total. The number of hydrogen-bond donors (Lipinski definition) is 1. The summed E-state index contributed by atoms with van der Waals surface area (Å²) in [5.41, 5.74) is 0. The molecule has 0 aromatic heterocycles. The minimum Gasteiger partial charge on any atom is -0.504 e. The zero-order chi connectivity index (χ0) is 21.3. The van der Waals surface area contributed by atoms with Crippen LogP contribution in [0.5, 0.6) is 11.5 Å². The van der Waals surface area contributed by atoms with Crippen molar-refractivity contribution >= 4 is 10.8 Å². The van der Waals surface area contributed by atoms with E-state index in [0.717, 1.165) is 17.2 Å². The zero-order valence-electron chi connectivity index (χ0n) is 19.3. The van der Waals surface area contributed by atoms with Gasteiger partial charge in [-0.1, -0.05) is 134 Å². The monoisotopic (exact) mass is 412 g/mol. The molecule has 0 unspecified atom stereocenters. The maximum Gasteiger partial charge on any atom is 0.165 e. The summed E-state index contributed by atoms with van der Waals surface area (Å²) in [5, 5.41) is 12.3. The highest BCUT2D eigenvalue weighted by molar-refractivity contribution is 5.90. The molecule has 168 valence electrons. The zero-order valence-corrected chi connectivity index (χ0v) is 19.3. The van der Waals surface area contributed by atoms with Crippen LogP contribution in [0.1, 0.15) is 110 Å². The number of rotatable bonds is 18. The second-order valence-corrected chi connectivity index (χ2v) is 8.79. The molecule has 0 heterocycles. The maximum absolute atomic E-state index is 10.4. The molecule has 2 aromatic carbocycles. The third kappa shape index (κ3) is 9.87. The van der Waals surface area contributed by atoms with Crippen LogP contribution in [-0.2, 0) is 0 Å². The molecule has 0 spiro atoms. The Labute approximate surface area is 185 Å². The van der Waals surface area contributed by atoms with Crippen molar-refractivity contribution in [1.29, 1.82) is 0 Å². The van der Waals surface area contributed by atoms with Crippen molar-refractivity contribution in [2.75, 3.05) is 6.61 Å². The largest absolute Gasteiger partial charge is 0.504 e. The molecule has 0 fully saturated rings. The van der Waals surface area contributed by atoms with Crippen LogP contribution in [-0.4, -0.2) is 11.7 Å². The summed E-state index contributed by atoms with van der Waals surface area (Å²) >= 11 is 0. The first-order chi connectivity index (χ1) is 14.8. The van der Waals surface area contributed by atoms with Crippen molar-refractivity contribution in [2.24, 2.45) is 0 Å². The standard InChI is InChI=1S/C28H44O2/c1-2-3-4-5-6-7-8-9-10-11-12-13-14-15-16-19-24-30-27-23-22-25-20-17-18-21-26(25)28(27)29/h17-18,20-23,29H,2-16,19,24H2,1H3. The van der Waals surface area contributed by atoms with E-state index in [-0.39, 0.29) is 5.75 Å². The van der Waals surface area contributed by atoms with Gasteiger partial charge in [0.05, 0.1) is 6.61 Å². The highest BCUT2D eigenvalue weighted by Gasteiger charge is 2.06. The Morgan fingerprint density at radius 1 is 0.600 bits per heavy atom. The highest BCUT2D eigenvalue weighted by Crippen LogP contribution is 2.34. The number of phenols is 1. The number of unbranched alkanes of at least 4 members (excludes halogenated alkanes) is 15. The van der Waals surface area contributed by atoms with Crippen molar-refractivity contribution in [3.63, 3.8) is 0 Å². The number of fused-ring (bicyclic) bond motifs is 1. The summed E-state index contributed by atoms with van der Waals surface area (Å²) in [7, 11) is 0. The molecule has 0 saturated heterocycles. The van der Waals surface area contributed by atoms with Gasteiger partial charge in [-0.15, -0.1) is 0 Å². The molecule has 0 aliphatic carbocycles. The van der Waals surface area contributed by atoms with Crippen LogP contribution in [0.15, 0.2) is 36.4 Å². The number of benzene rings is 2. The van der Waals surface area contributed by atoms with E-state index in [1.165, 1.54) is 96.3 Å². The van der Waals surface area contributed by atoms with Crippen LogP contribution in [0.4, 0.5) is 0 Å². The fraction of sp³-hybridized carbons (Fsp3) is 0.643. The lowest BCUT2D eigenvalue weighted by molar-refractivity contribution is 0.290. The number of phenolic OH excluding ortho intramolecular Hbond substituents is 1. The molecule has 30 heavy (non-hydrogen) atoms. The molecule has 0 aliphatic heterocycles. The fourth-order valence-electron chi connectivity index (χ4n) is 4.18. The van der Waals surface area contributed by atoms with E-state index in [2.05, 4.69) is 6.92 Å². The van der Waals surface area contributed by atoms with Gasteiger partial charge in [0.15, 0.2) is 11.5 Å². The van der Waals surface area contributed by atoms with E-state index < -0.39 is 0 Å². The molecular weight excluding hydrogens is 368 g/mol. The van der Waals surface area contributed by atoms with Gasteiger partial charge in [0, 0.05) is 5.39 Å². The summed E-state index contributed by atoms with van der Waals surface area (Å²) < 4.78 is 5.81. The first-order valence-electron chi connectivity index (χ1n) is 12.7. The third-order valence-corrected chi connectivity index (χ3v) is 6.12. The number of hydrogen-bond acceptors (Lipinski definition) is 2. The van der Waals surface area contributed by atoms with Crippen LogP contribution in [0, 0.1) is 0 Å². The molecular formula is C28H44O2. The van der Waals surface area contributed by atoms with Crippen LogP contribution < -0.4 is 4.74 Å². The SMILES string of the molecule is CCCCCCCCCCCCCCCCCCOc1ccc2ccccc2c1O. The quantitative estimate of drug-likeness (QED) is 0.247. The van der Waals surface area contributed by atoms with Crippen LogP contribution in [0.25, 0.3) is 10.8 Å². The topological polar surface area (TPSA) is 29.5 Å². The molecule has 0 aliphatic rings. The minimum atomic E-state index is 0.268. The van der Waals surface area contributed by atoms with Gasteiger partial charge >= 0.3 is 0 Å². The van der Waals surface area contributed by atoms with E-state index in [4.69, 9.17) is 4.74 Å². The molecule has 1 N–H and O–H groups in total. The lowest BCUT2D eigenvalue weighted by Crippen LogP contribution is -1.97. The Balaban J connectivity index is 1.38. The molecule has 0 atom stereocenters. The van der Waals surface area contributed by atoms with E-state index in [9.17, 15) is 5.11 Å². The van der Waals surface area contributed by atoms with Gasteiger partial charge in [0.25, 0.3) is 0 Å². The lowest BCUT2D eigenvalue weighted by atomic mass is 10.0. The predicted octanol–water partition coefficient (Wildman–Crippen LogP) is 9.19. The van der Waals surface area contributed by atoms with Crippen molar-refractivity contribution in [1.82, 2.24) is 0 Å². The second-order valence-electron chi connectivity index (χ2n) is 8.79. The smallest absolute Gasteiger partial charge is 0.165 e. The Hall–Kier alpha value is -1.70. The van der Waals surface area contributed by atoms with E-state index in [1.54, 1.807) is 0 Å². The predicted molar refractivity (Wildman–Crippen MR) is 131 cm³/mol. The molecule has 0 radical (unpaired) electrons. The summed E-state index contributed by atoms with van der Waals surface area (Å²) in [6.07, 6.45) is 22.0. The van der Waals surface area contributed by atoms with Crippen molar-refractivity contribution < 1.29 is 9.84 Å². The van der Waals surface area contributed by atoms with Gasteiger partial charge in [-0.25, -0.2) is 0 Å². The second kappa shape index (κ2) is 16.1. The Morgan fingerprint density at radius 2 is 1.10 bits per heavy atom. The number of ether oxygens (including phenoxy) is 1. The van der Waals surface area contributed by atoms with Crippen LogP contribution >= 0.6 is 0 Å². The van der Waals surface area contributed by atoms with Crippen molar-refractivity contribution in [3.05, 3.63) is 36.4 Å². The van der Waals surface area contributed by atoms with Gasteiger partial charge < -0.3 is 9.84 Å². The summed E-state index contributed by atoms with van der Waals surface area (Å²) in [6, 6.07) is 11.8. The third-order valence-electron chi connectivity index (χ3n) is 6.12. The molecule has 2 heteroatoms. The van der Waals surface area contributed by atoms with Crippen molar-refractivity contribution in [2.45, 2.75) is 110 Å². The maximum atomic E-state index is 10.4. The van der Waals surface area contributed by atoms with Gasteiger partial charge in [-0.3, -0.25) is 0 Å². The van der Waals surface area contributed by atoms with Gasteiger partial charge in [-0.2, -0.15) is 0 Å². The van der Waals surface area contributed by atoms with Crippen LogP contribution in [0.2, 0.25) is 0 Å². The van der Waals surface area contributed by atoms with E-state index in [1.807, 2.05) is 36.4 Å². The average Bonchev–Trinajstić information content (AvgIpc) is 2.77. The highest BCUT2D eigenvalue weighted by atomic mass is 16.5. The van der Waals surface area contributed by atoms with E-state index >= 15 is 0 Å². The van der Waals surface area contributed by atoms with Crippen molar-refractivity contribution in [3.8, 4) is 11.5 Å².